The van der Waals surface area contributed by atoms with Crippen LogP contribution < -0.4 is 9.46 Å². The molecule has 0 spiro atoms. The van der Waals surface area contributed by atoms with Gasteiger partial charge in [-0.3, -0.25) is 4.79 Å². The lowest BCUT2D eigenvalue weighted by molar-refractivity contribution is -0.0138. The SMILES string of the molecule is COc1ccc2c(c1)CC(C)(S(=O)(=O)N1C3CCC1CC(C)(O)C3)Cn1c-2c(C2CCCCC2)c2ccc(C(=O)NS(=O)(=O)N3CCOCC3)cc21. The van der Waals surface area contributed by atoms with Crippen LogP contribution in [0.2, 0.25) is 0 Å². The van der Waals surface area contributed by atoms with Crippen molar-refractivity contribution in [1.29, 1.82) is 0 Å². The van der Waals surface area contributed by atoms with Gasteiger partial charge in [-0.2, -0.15) is 17.0 Å². The maximum absolute atomic E-state index is 15.2. The van der Waals surface area contributed by atoms with Crippen LogP contribution in [0.5, 0.6) is 5.75 Å². The number of sulfonamides is 1. The Kier molecular flexibility index (Phi) is 9.06. The number of aliphatic hydroxyl groups is 1. The van der Waals surface area contributed by atoms with E-state index in [9.17, 15) is 18.3 Å². The maximum atomic E-state index is 15.2. The van der Waals surface area contributed by atoms with E-state index in [1.807, 2.05) is 38.1 Å². The average molecular weight is 755 g/mol. The third-order valence-corrected chi connectivity index (χ3v) is 16.5. The Morgan fingerprint density at radius 1 is 0.942 bits per heavy atom. The van der Waals surface area contributed by atoms with Crippen LogP contribution in [0.15, 0.2) is 36.4 Å². The number of hydrogen-bond donors (Lipinski definition) is 2. The van der Waals surface area contributed by atoms with Crippen LogP contribution in [0.1, 0.15) is 99.0 Å². The van der Waals surface area contributed by atoms with Crippen molar-refractivity contribution in [3.05, 3.63) is 53.1 Å². The highest BCUT2D eigenvalue weighted by Gasteiger charge is 2.56. The van der Waals surface area contributed by atoms with E-state index in [4.69, 9.17) is 9.47 Å². The number of fused-ring (bicyclic) bond motifs is 7. The van der Waals surface area contributed by atoms with E-state index in [1.54, 1.807) is 23.5 Å². The van der Waals surface area contributed by atoms with E-state index in [-0.39, 0.29) is 62.8 Å². The van der Waals surface area contributed by atoms with Gasteiger partial charge in [-0.05, 0) is 106 Å². The average Bonchev–Trinajstić information content (AvgIpc) is 3.54. The lowest BCUT2D eigenvalue weighted by atomic mass is 9.81. The van der Waals surface area contributed by atoms with Gasteiger partial charge in [-0.1, -0.05) is 25.3 Å². The summed E-state index contributed by atoms with van der Waals surface area (Å²) in [4.78, 5) is 13.7. The van der Waals surface area contributed by atoms with Crippen molar-refractivity contribution in [2.24, 2.45) is 0 Å². The normalized spacial score (nSPS) is 29.0. The largest absolute Gasteiger partial charge is 0.497 e. The van der Waals surface area contributed by atoms with E-state index in [0.717, 1.165) is 66.3 Å². The molecule has 5 heterocycles. The number of ether oxygens (including phenoxy) is 2. The highest BCUT2D eigenvalue weighted by molar-refractivity contribution is 7.90. The van der Waals surface area contributed by atoms with Gasteiger partial charge in [0.2, 0.25) is 10.0 Å². The molecule has 1 saturated carbocycles. The summed E-state index contributed by atoms with van der Waals surface area (Å²) in [6, 6.07) is 10.7. The van der Waals surface area contributed by atoms with Crippen molar-refractivity contribution in [3.8, 4) is 17.0 Å². The molecule has 4 aliphatic heterocycles. The first-order chi connectivity index (χ1) is 24.7. The van der Waals surface area contributed by atoms with E-state index in [1.165, 1.54) is 10.7 Å². The number of carbonyl (C=O) groups is 1. The molecule has 1 aliphatic carbocycles. The lowest BCUT2D eigenvalue weighted by Crippen LogP contribution is -2.58. The van der Waals surface area contributed by atoms with Crippen LogP contribution in [0, 0.1) is 0 Å². The molecule has 52 heavy (non-hydrogen) atoms. The molecule has 2 N–H and O–H groups in total. The molecule has 3 saturated heterocycles. The zero-order chi connectivity index (χ0) is 36.6. The maximum Gasteiger partial charge on any atom is 0.304 e. The summed E-state index contributed by atoms with van der Waals surface area (Å²) >= 11 is 0. The molecule has 3 unspecified atom stereocenters. The summed E-state index contributed by atoms with van der Waals surface area (Å²) < 4.78 is 73.9. The molecule has 12 nitrogen and oxygen atoms in total. The molecule has 14 heteroatoms. The molecule has 282 valence electrons. The summed E-state index contributed by atoms with van der Waals surface area (Å²) in [5.74, 6) is 0.149. The van der Waals surface area contributed by atoms with Gasteiger partial charge in [0.1, 0.15) is 10.5 Å². The lowest BCUT2D eigenvalue weighted by Gasteiger charge is -2.45. The number of morpholine rings is 1. The van der Waals surface area contributed by atoms with Crippen molar-refractivity contribution in [2.45, 2.75) is 113 Å². The second kappa shape index (κ2) is 13.1. The van der Waals surface area contributed by atoms with Gasteiger partial charge in [-0.15, -0.1) is 0 Å². The first kappa shape index (κ1) is 36.0. The van der Waals surface area contributed by atoms with Crippen molar-refractivity contribution in [2.75, 3.05) is 33.4 Å². The number of benzene rings is 2. The predicted octanol–water partition coefficient (Wildman–Crippen LogP) is 4.69. The number of carbonyl (C=O) groups excluding carboxylic acids is 1. The van der Waals surface area contributed by atoms with E-state index in [2.05, 4.69) is 9.29 Å². The summed E-state index contributed by atoms with van der Waals surface area (Å²) in [6.07, 6.45) is 7.86. The minimum absolute atomic E-state index is 0.133. The van der Waals surface area contributed by atoms with Crippen molar-refractivity contribution in [3.63, 3.8) is 0 Å². The van der Waals surface area contributed by atoms with E-state index < -0.39 is 36.5 Å². The fourth-order valence-electron chi connectivity index (χ4n) is 9.91. The molecule has 8 rings (SSSR count). The van der Waals surface area contributed by atoms with Gasteiger partial charge >= 0.3 is 10.2 Å². The number of aromatic nitrogens is 1. The molecule has 1 aromatic heterocycles. The topological polar surface area (TPSA) is 147 Å². The van der Waals surface area contributed by atoms with Gasteiger partial charge in [0.15, 0.2) is 0 Å². The van der Waals surface area contributed by atoms with Crippen LogP contribution in [-0.4, -0.2) is 96.9 Å². The standard InChI is InChI=1S/C38H50N4O8S2/c1-37(44)22-28-10-11-29(23-37)42(28)51(45,46)38(2)21-27-19-30(49-3)12-14-31(27)35-34(25-7-5-4-6-8-25)32-13-9-26(20-33(32)41(35)24-38)36(43)39-52(47,48)40-15-17-50-18-16-40/h9,12-14,19-20,25,28-29,44H,4-8,10-11,15-18,21-24H2,1-3H3,(H,39,43). The Balaban J connectivity index is 1.30. The summed E-state index contributed by atoms with van der Waals surface area (Å²) in [5, 5.41) is 12.0. The Labute approximate surface area is 306 Å². The van der Waals surface area contributed by atoms with Crippen LogP contribution in [0.4, 0.5) is 0 Å². The van der Waals surface area contributed by atoms with Crippen molar-refractivity contribution < 1.29 is 36.2 Å². The molecule has 2 aromatic carbocycles. The van der Waals surface area contributed by atoms with Gasteiger partial charge in [0.05, 0.1) is 31.6 Å². The number of piperidine rings is 1. The monoisotopic (exact) mass is 754 g/mol. The molecule has 0 radical (unpaired) electrons. The Morgan fingerprint density at radius 3 is 2.31 bits per heavy atom. The molecule has 5 aliphatic rings. The number of rotatable bonds is 7. The fourth-order valence-corrected chi connectivity index (χ4v) is 13.3. The summed E-state index contributed by atoms with van der Waals surface area (Å²) in [7, 11) is -6.44. The number of hydrogen-bond acceptors (Lipinski definition) is 8. The van der Waals surface area contributed by atoms with Crippen LogP contribution in [0.3, 0.4) is 0 Å². The van der Waals surface area contributed by atoms with Gasteiger partial charge < -0.3 is 19.1 Å². The van der Waals surface area contributed by atoms with Gasteiger partial charge in [-0.25, -0.2) is 13.1 Å². The highest BCUT2D eigenvalue weighted by Crippen LogP contribution is 2.51. The quantitative estimate of drug-likeness (QED) is 0.353. The minimum Gasteiger partial charge on any atom is -0.497 e. The molecule has 4 fully saturated rings. The number of methoxy groups -OCH3 is 1. The predicted molar refractivity (Wildman–Crippen MR) is 198 cm³/mol. The van der Waals surface area contributed by atoms with E-state index in [0.29, 0.717) is 24.1 Å². The number of amides is 1. The zero-order valence-corrected chi connectivity index (χ0v) is 31.9. The molecule has 3 atom stereocenters. The van der Waals surface area contributed by atoms with Gasteiger partial charge in [0, 0.05) is 53.7 Å². The molecule has 1 amide bonds. The Hall–Kier alpha value is -3.01. The Morgan fingerprint density at radius 2 is 1.63 bits per heavy atom. The second-order valence-corrected chi connectivity index (χ2v) is 20.2. The van der Waals surface area contributed by atoms with E-state index >= 15 is 8.42 Å². The molecule has 3 aromatic rings. The second-order valence-electron chi connectivity index (χ2n) is 16.1. The first-order valence-corrected chi connectivity index (χ1v) is 21.6. The van der Waals surface area contributed by atoms with Gasteiger partial charge in [0.25, 0.3) is 5.91 Å². The number of nitrogens with one attached hydrogen (secondary N) is 1. The molecular weight excluding hydrogens is 705 g/mol. The summed E-state index contributed by atoms with van der Waals surface area (Å²) in [5.41, 5.74) is 3.93. The van der Waals surface area contributed by atoms with Crippen LogP contribution >= 0.6 is 0 Å². The zero-order valence-electron chi connectivity index (χ0n) is 30.3. The molecule has 2 bridgehead atoms. The fraction of sp³-hybridized carbons (Fsp3) is 0.605. The van der Waals surface area contributed by atoms with Crippen LogP contribution in [0.25, 0.3) is 22.2 Å². The third kappa shape index (κ3) is 6.07. The summed E-state index contributed by atoms with van der Waals surface area (Å²) in [6.45, 7) is 4.61. The van der Waals surface area contributed by atoms with Crippen molar-refractivity contribution in [1.82, 2.24) is 17.9 Å². The number of nitrogens with zero attached hydrogens (tertiary/aromatic N) is 3. The third-order valence-electron chi connectivity index (χ3n) is 12.3. The van der Waals surface area contributed by atoms with Crippen molar-refractivity contribution >= 4 is 37.0 Å². The molecular formula is C38H50N4O8S2. The first-order valence-electron chi connectivity index (χ1n) is 18.7. The van der Waals surface area contributed by atoms with Crippen LogP contribution in [-0.2, 0) is 37.9 Å². The minimum atomic E-state index is -4.10. The smallest absolute Gasteiger partial charge is 0.304 e. The highest BCUT2D eigenvalue weighted by atomic mass is 32.2. The Bertz CT molecular complexity index is 2100.